The smallest absolute Gasteiger partial charge is 0.224 e. The molecule has 1 aromatic carbocycles. The van der Waals surface area contributed by atoms with Crippen LogP contribution >= 0.6 is 11.6 Å². The summed E-state index contributed by atoms with van der Waals surface area (Å²) in [4.78, 5) is 16.9. The van der Waals surface area contributed by atoms with E-state index in [1.165, 1.54) is 18.4 Å². The first kappa shape index (κ1) is 20.9. The van der Waals surface area contributed by atoms with Gasteiger partial charge in [-0.25, -0.2) is 0 Å². The standard InChI is InChI=1S/C22H31ClN4O/c1-18-9-12-24-27(18)15-11-22(28)25(2)16-20-4-3-13-26(17-20)14-10-19-5-7-21(23)8-6-19/h5-9,12,20H,3-4,10-11,13-17H2,1-2H3/t20-/m1/s1. The fourth-order valence-electron chi connectivity index (χ4n) is 3.96. The molecule has 28 heavy (non-hydrogen) atoms. The summed E-state index contributed by atoms with van der Waals surface area (Å²) < 4.78 is 1.89. The Labute approximate surface area is 173 Å². The van der Waals surface area contributed by atoms with Crippen molar-refractivity contribution in [3.63, 3.8) is 0 Å². The van der Waals surface area contributed by atoms with E-state index in [-0.39, 0.29) is 5.91 Å². The van der Waals surface area contributed by atoms with Crippen LogP contribution < -0.4 is 0 Å². The SMILES string of the molecule is Cc1ccnn1CCC(=O)N(C)C[C@H]1CCCN(CCc2ccc(Cl)cc2)C1. The molecule has 0 saturated carbocycles. The Kier molecular flexibility index (Phi) is 7.51. The summed E-state index contributed by atoms with van der Waals surface area (Å²) in [6, 6.07) is 10.1. The maximum atomic E-state index is 12.5. The average Bonchev–Trinajstić information content (AvgIpc) is 3.10. The Balaban J connectivity index is 1.41. The summed E-state index contributed by atoms with van der Waals surface area (Å²) in [5.41, 5.74) is 2.42. The number of carbonyl (C=O) groups excluding carboxylic acids is 1. The van der Waals surface area contributed by atoms with Crippen molar-refractivity contribution in [2.75, 3.05) is 33.2 Å². The van der Waals surface area contributed by atoms with Gasteiger partial charge in [0, 0.05) is 56.6 Å². The molecule has 1 fully saturated rings. The first-order valence-electron chi connectivity index (χ1n) is 10.2. The van der Waals surface area contributed by atoms with Crippen LogP contribution in [0.15, 0.2) is 36.5 Å². The Morgan fingerprint density at radius 2 is 2.04 bits per heavy atom. The molecule has 2 heterocycles. The summed E-state index contributed by atoms with van der Waals surface area (Å²) in [5, 5.41) is 5.04. The van der Waals surface area contributed by atoms with Crippen molar-refractivity contribution >= 4 is 17.5 Å². The molecule has 1 aromatic heterocycles. The van der Waals surface area contributed by atoms with E-state index in [2.05, 4.69) is 22.1 Å². The molecular formula is C22H31ClN4O. The summed E-state index contributed by atoms with van der Waals surface area (Å²) in [6.07, 6.45) is 5.74. The number of carbonyl (C=O) groups is 1. The van der Waals surface area contributed by atoms with Crippen LogP contribution in [0.3, 0.4) is 0 Å². The van der Waals surface area contributed by atoms with E-state index < -0.39 is 0 Å². The van der Waals surface area contributed by atoms with E-state index in [1.807, 2.05) is 41.8 Å². The van der Waals surface area contributed by atoms with Crippen molar-refractivity contribution in [2.24, 2.45) is 5.92 Å². The number of likely N-dealkylation sites (tertiary alicyclic amines) is 1. The molecule has 0 radical (unpaired) electrons. The molecule has 3 rings (SSSR count). The lowest BCUT2D eigenvalue weighted by Gasteiger charge is -2.34. The van der Waals surface area contributed by atoms with Gasteiger partial charge < -0.3 is 9.80 Å². The zero-order valence-corrected chi connectivity index (χ0v) is 17.7. The number of piperidine rings is 1. The molecule has 1 atom stereocenters. The van der Waals surface area contributed by atoms with Gasteiger partial charge in [-0.05, 0) is 62.4 Å². The zero-order valence-electron chi connectivity index (χ0n) is 17.0. The van der Waals surface area contributed by atoms with Gasteiger partial charge in [0.15, 0.2) is 0 Å². The minimum Gasteiger partial charge on any atom is -0.345 e. The number of halogens is 1. The Bertz CT molecular complexity index is 758. The van der Waals surface area contributed by atoms with E-state index in [4.69, 9.17) is 11.6 Å². The van der Waals surface area contributed by atoms with E-state index in [9.17, 15) is 4.79 Å². The Morgan fingerprint density at radius 1 is 1.25 bits per heavy atom. The Hall–Kier alpha value is -1.85. The summed E-state index contributed by atoms with van der Waals surface area (Å²) in [5.74, 6) is 0.757. The second-order valence-electron chi connectivity index (χ2n) is 7.91. The normalized spacial score (nSPS) is 17.6. The third-order valence-corrected chi connectivity index (χ3v) is 5.91. The minimum atomic E-state index is 0.202. The van der Waals surface area contributed by atoms with Crippen LogP contribution in [0, 0.1) is 12.8 Å². The minimum absolute atomic E-state index is 0.202. The van der Waals surface area contributed by atoms with Gasteiger partial charge in [-0.15, -0.1) is 0 Å². The molecule has 0 N–H and O–H groups in total. The number of aryl methyl sites for hydroxylation is 2. The highest BCUT2D eigenvalue weighted by Gasteiger charge is 2.22. The summed E-state index contributed by atoms with van der Waals surface area (Å²) in [7, 11) is 1.94. The number of rotatable bonds is 8. The van der Waals surface area contributed by atoms with Crippen LogP contribution in [0.2, 0.25) is 5.02 Å². The van der Waals surface area contributed by atoms with Crippen LogP contribution in [-0.4, -0.2) is 58.7 Å². The molecule has 1 saturated heterocycles. The first-order valence-corrected chi connectivity index (χ1v) is 10.6. The number of aromatic nitrogens is 2. The van der Waals surface area contributed by atoms with E-state index in [0.717, 1.165) is 43.3 Å². The van der Waals surface area contributed by atoms with Gasteiger partial charge in [-0.1, -0.05) is 23.7 Å². The molecule has 152 valence electrons. The van der Waals surface area contributed by atoms with Crippen molar-refractivity contribution < 1.29 is 4.79 Å². The van der Waals surface area contributed by atoms with Crippen LogP contribution in [0.5, 0.6) is 0 Å². The highest BCUT2D eigenvalue weighted by atomic mass is 35.5. The van der Waals surface area contributed by atoms with Crippen LogP contribution in [-0.2, 0) is 17.8 Å². The van der Waals surface area contributed by atoms with Gasteiger partial charge >= 0.3 is 0 Å². The Morgan fingerprint density at radius 3 is 2.75 bits per heavy atom. The van der Waals surface area contributed by atoms with Crippen LogP contribution in [0.1, 0.15) is 30.5 Å². The fourth-order valence-corrected chi connectivity index (χ4v) is 4.08. The van der Waals surface area contributed by atoms with Crippen LogP contribution in [0.4, 0.5) is 0 Å². The topological polar surface area (TPSA) is 41.4 Å². The number of benzene rings is 1. The first-order chi connectivity index (χ1) is 13.5. The monoisotopic (exact) mass is 402 g/mol. The van der Waals surface area contributed by atoms with Gasteiger partial charge in [-0.3, -0.25) is 9.48 Å². The number of hydrogen-bond acceptors (Lipinski definition) is 3. The van der Waals surface area contributed by atoms with Crippen molar-refractivity contribution in [1.82, 2.24) is 19.6 Å². The molecule has 1 aliphatic heterocycles. The van der Waals surface area contributed by atoms with E-state index in [0.29, 0.717) is 18.9 Å². The fraction of sp³-hybridized carbons (Fsp3) is 0.545. The molecular weight excluding hydrogens is 372 g/mol. The van der Waals surface area contributed by atoms with Gasteiger partial charge in [0.05, 0.1) is 0 Å². The lowest BCUT2D eigenvalue weighted by Crippen LogP contribution is -2.42. The predicted octanol–water partition coefficient (Wildman–Crippen LogP) is 3.65. The van der Waals surface area contributed by atoms with Gasteiger partial charge in [0.2, 0.25) is 5.91 Å². The highest BCUT2D eigenvalue weighted by Crippen LogP contribution is 2.19. The molecule has 0 bridgehead atoms. The highest BCUT2D eigenvalue weighted by molar-refractivity contribution is 6.30. The molecule has 1 amide bonds. The largest absolute Gasteiger partial charge is 0.345 e. The lowest BCUT2D eigenvalue weighted by molar-refractivity contribution is -0.131. The van der Waals surface area contributed by atoms with Gasteiger partial charge in [0.1, 0.15) is 0 Å². The van der Waals surface area contributed by atoms with E-state index in [1.54, 1.807) is 6.20 Å². The molecule has 0 unspecified atom stereocenters. The molecule has 1 aliphatic rings. The summed E-state index contributed by atoms with van der Waals surface area (Å²) in [6.45, 7) is 6.80. The van der Waals surface area contributed by atoms with Gasteiger partial charge in [0.25, 0.3) is 0 Å². The lowest BCUT2D eigenvalue weighted by atomic mass is 9.97. The second kappa shape index (κ2) is 10.1. The predicted molar refractivity (Wildman–Crippen MR) is 114 cm³/mol. The van der Waals surface area contributed by atoms with Crippen molar-refractivity contribution in [1.29, 1.82) is 0 Å². The maximum Gasteiger partial charge on any atom is 0.224 e. The number of hydrogen-bond donors (Lipinski definition) is 0. The molecule has 0 aliphatic carbocycles. The second-order valence-corrected chi connectivity index (χ2v) is 8.34. The third-order valence-electron chi connectivity index (χ3n) is 5.66. The summed E-state index contributed by atoms with van der Waals surface area (Å²) >= 11 is 5.97. The zero-order chi connectivity index (χ0) is 19.9. The maximum absolute atomic E-state index is 12.5. The molecule has 5 nitrogen and oxygen atoms in total. The van der Waals surface area contributed by atoms with Crippen molar-refractivity contribution in [2.45, 2.75) is 39.2 Å². The number of amides is 1. The van der Waals surface area contributed by atoms with E-state index >= 15 is 0 Å². The number of nitrogens with zero attached hydrogens (tertiary/aromatic N) is 4. The molecule has 0 spiro atoms. The molecule has 6 heteroatoms. The van der Waals surface area contributed by atoms with Crippen molar-refractivity contribution in [3.05, 3.63) is 52.8 Å². The third kappa shape index (κ3) is 6.08. The quantitative estimate of drug-likeness (QED) is 0.676. The van der Waals surface area contributed by atoms with Gasteiger partial charge in [-0.2, -0.15) is 5.10 Å². The van der Waals surface area contributed by atoms with Crippen LogP contribution in [0.25, 0.3) is 0 Å². The molecule has 2 aromatic rings. The average molecular weight is 403 g/mol. The van der Waals surface area contributed by atoms with Crippen molar-refractivity contribution in [3.8, 4) is 0 Å².